The van der Waals surface area contributed by atoms with Crippen LogP contribution in [0.15, 0.2) is 21.7 Å². The van der Waals surface area contributed by atoms with Crippen LogP contribution in [0.1, 0.15) is 0 Å². The van der Waals surface area contributed by atoms with Crippen molar-refractivity contribution in [2.75, 3.05) is 18.2 Å². The van der Waals surface area contributed by atoms with Crippen molar-refractivity contribution >= 4 is 52.0 Å². The Balaban J connectivity index is 1.80. The number of hydrogen-bond donors (Lipinski definition) is 2. The predicted octanol–water partition coefficient (Wildman–Crippen LogP) is 1.54. The van der Waals surface area contributed by atoms with Crippen LogP contribution in [0.5, 0.6) is 0 Å². The summed E-state index contributed by atoms with van der Waals surface area (Å²) in [5.41, 5.74) is 0. The van der Waals surface area contributed by atoms with E-state index in [9.17, 15) is 14.4 Å². The van der Waals surface area contributed by atoms with E-state index in [1.807, 2.05) is 17.5 Å². The summed E-state index contributed by atoms with van der Waals surface area (Å²) in [6.07, 6.45) is 0. The molecule has 1 aliphatic rings. The van der Waals surface area contributed by atoms with Gasteiger partial charge in [-0.1, -0.05) is 6.07 Å². The molecular weight excluding hydrogens is 320 g/mol. The average Bonchev–Trinajstić information content (AvgIpc) is 3.06. The van der Waals surface area contributed by atoms with Gasteiger partial charge in [-0.2, -0.15) is 0 Å². The van der Waals surface area contributed by atoms with E-state index in [2.05, 4.69) is 5.32 Å². The summed E-state index contributed by atoms with van der Waals surface area (Å²) in [4.78, 5) is 35.8. The molecule has 1 aromatic rings. The van der Waals surface area contributed by atoms with Gasteiger partial charge in [-0.15, -0.1) is 23.1 Å². The molecule has 0 bridgehead atoms. The number of thioether (sulfide) groups is 2. The highest BCUT2D eigenvalue weighted by atomic mass is 32.2. The minimum Gasteiger partial charge on any atom is -0.480 e. The average molecular weight is 332 g/mol. The molecule has 0 aliphatic carbocycles. The summed E-state index contributed by atoms with van der Waals surface area (Å²) >= 11 is 3.85. The Morgan fingerprint density at radius 1 is 1.50 bits per heavy atom. The van der Waals surface area contributed by atoms with Crippen LogP contribution >= 0.6 is 34.9 Å². The molecule has 1 fully saturated rings. The molecule has 2 N–H and O–H groups in total. The molecule has 1 aliphatic heterocycles. The molecule has 9 heteroatoms. The minimum absolute atomic E-state index is 0.179. The summed E-state index contributed by atoms with van der Waals surface area (Å²) in [5, 5.41) is 13.0. The van der Waals surface area contributed by atoms with Gasteiger partial charge < -0.3 is 15.3 Å². The second-order valence-corrected chi connectivity index (χ2v) is 7.11. The maximum Gasteiger partial charge on any atom is 0.327 e. The Labute approximate surface area is 127 Å². The summed E-state index contributed by atoms with van der Waals surface area (Å²) in [6.45, 7) is -0.179. The van der Waals surface area contributed by atoms with Crippen molar-refractivity contribution in [1.82, 2.24) is 10.2 Å². The molecule has 1 aromatic heterocycles. The molecule has 0 saturated carbocycles. The lowest BCUT2D eigenvalue weighted by Crippen LogP contribution is -2.45. The molecule has 0 spiro atoms. The maximum absolute atomic E-state index is 11.9. The molecule has 0 aromatic carbocycles. The number of aliphatic carboxylic acids is 1. The smallest absolute Gasteiger partial charge is 0.327 e. The van der Waals surface area contributed by atoms with Gasteiger partial charge in [0.25, 0.3) is 5.24 Å². The van der Waals surface area contributed by atoms with Crippen molar-refractivity contribution in [1.29, 1.82) is 0 Å². The van der Waals surface area contributed by atoms with E-state index in [1.165, 1.54) is 28.0 Å². The van der Waals surface area contributed by atoms with Crippen LogP contribution in [0.3, 0.4) is 0 Å². The Hall–Kier alpha value is -1.19. The molecule has 2 heterocycles. The number of amides is 2. The van der Waals surface area contributed by atoms with E-state index in [0.717, 1.165) is 16.0 Å². The van der Waals surface area contributed by atoms with Gasteiger partial charge in [0.05, 0.1) is 16.6 Å². The van der Waals surface area contributed by atoms with Crippen molar-refractivity contribution in [3.63, 3.8) is 0 Å². The fraction of sp³-hybridized carbons (Fsp3) is 0.364. The van der Waals surface area contributed by atoms with E-state index in [4.69, 9.17) is 5.11 Å². The number of carbonyl (C=O) groups is 3. The van der Waals surface area contributed by atoms with E-state index >= 15 is 0 Å². The van der Waals surface area contributed by atoms with Crippen LogP contribution in [0.25, 0.3) is 0 Å². The zero-order valence-electron chi connectivity index (χ0n) is 10.3. The van der Waals surface area contributed by atoms with Crippen molar-refractivity contribution in [2.24, 2.45) is 0 Å². The monoisotopic (exact) mass is 332 g/mol. The molecule has 108 valence electrons. The largest absolute Gasteiger partial charge is 0.480 e. The summed E-state index contributed by atoms with van der Waals surface area (Å²) in [7, 11) is 0. The number of rotatable bonds is 4. The number of carboxylic acids is 1. The van der Waals surface area contributed by atoms with Gasteiger partial charge >= 0.3 is 5.97 Å². The number of nitrogens with zero attached hydrogens (tertiary/aromatic N) is 1. The van der Waals surface area contributed by atoms with Gasteiger partial charge in [-0.3, -0.25) is 9.59 Å². The van der Waals surface area contributed by atoms with Crippen LogP contribution in [-0.2, 0) is 9.59 Å². The first kappa shape index (κ1) is 15.2. The van der Waals surface area contributed by atoms with E-state index in [-0.39, 0.29) is 17.7 Å². The SMILES string of the molecule is O=C(NCC(=O)N1CSCC1C(=O)O)Sc1cccs1. The molecule has 1 unspecified atom stereocenters. The maximum atomic E-state index is 11.9. The molecule has 2 amide bonds. The topological polar surface area (TPSA) is 86.7 Å². The molecule has 1 atom stereocenters. The molecule has 0 radical (unpaired) electrons. The van der Waals surface area contributed by atoms with Gasteiger partial charge in [0.15, 0.2) is 0 Å². The lowest BCUT2D eigenvalue weighted by atomic mass is 10.3. The van der Waals surface area contributed by atoms with Gasteiger partial charge in [-0.25, -0.2) is 4.79 Å². The Bertz CT molecular complexity index is 506. The first-order valence-corrected chi connectivity index (χ1v) is 8.52. The second kappa shape index (κ2) is 7.00. The summed E-state index contributed by atoms with van der Waals surface area (Å²) in [5.74, 6) is -0.645. The standard InChI is InChI=1S/C11H12N2O4S3/c14-8(13-6-18-5-7(13)10(15)16)4-12-11(17)20-9-2-1-3-19-9/h1-3,7H,4-6H2,(H,12,17)(H,15,16). The lowest BCUT2D eigenvalue weighted by Gasteiger charge is -2.20. The molecule has 2 rings (SSSR count). The third-order valence-corrected chi connectivity index (χ3v) is 5.44. The summed E-state index contributed by atoms with van der Waals surface area (Å²) < 4.78 is 0.843. The minimum atomic E-state index is -1.01. The Morgan fingerprint density at radius 3 is 2.95 bits per heavy atom. The number of carboxylic acid groups (broad SMARTS) is 1. The van der Waals surface area contributed by atoms with Crippen LogP contribution in [0.4, 0.5) is 4.79 Å². The Kier molecular flexibility index (Phi) is 5.32. The van der Waals surface area contributed by atoms with Gasteiger partial charge in [-0.05, 0) is 23.2 Å². The Morgan fingerprint density at radius 2 is 2.30 bits per heavy atom. The van der Waals surface area contributed by atoms with Crippen LogP contribution in [0.2, 0.25) is 0 Å². The van der Waals surface area contributed by atoms with Crippen molar-refractivity contribution < 1.29 is 19.5 Å². The van der Waals surface area contributed by atoms with E-state index in [0.29, 0.717) is 11.6 Å². The van der Waals surface area contributed by atoms with E-state index in [1.54, 1.807) is 0 Å². The van der Waals surface area contributed by atoms with Gasteiger partial charge in [0.2, 0.25) is 5.91 Å². The number of nitrogens with one attached hydrogen (secondary N) is 1. The fourth-order valence-corrected chi connectivity index (χ4v) is 4.27. The molecular formula is C11H12N2O4S3. The second-order valence-electron chi connectivity index (χ2n) is 3.89. The third kappa shape index (κ3) is 3.90. The third-order valence-electron chi connectivity index (χ3n) is 2.56. The van der Waals surface area contributed by atoms with Crippen LogP contribution in [-0.4, -0.2) is 51.3 Å². The molecule has 20 heavy (non-hydrogen) atoms. The number of thiophene rings is 1. The number of hydrogen-bond acceptors (Lipinski definition) is 6. The highest BCUT2D eigenvalue weighted by Crippen LogP contribution is 2.24. The van der Waals surface area contributed by atoms with E-state index < -0.39 is 12.0 Å². The highest BCUT2D eigenvalue weighted by Gasteiger charge is 2.34. The zero-order chi connectivity index (χ0) is 14.5. The quantitative estimate of drug-likeness (QED) is 0.813. The first-order chi connectivity index (χ1) is 9.58. The van der Waals surface area contributed by atoms with Gasteiger partial charge in [0.1, 0.15) is 6.04 Å². The van der Waals surface area contributed by atoms with Gasteiger partial charge in [0, 0.05) is 5.75 Å². The zero-order valence-corrected chi connectivity index (χ0v) is 12.7. The molecule has 1 saturated heterocycles. The highest BCUT2D eigenvalue weighted by molar-refractivity contribution is 8.14. The summed E-state index contributed by atoms with van der Waals surface area (Å²) in [6, 6.07) is 2.85. The van der Waals surface area contributed by atoms with Crippen molar-refractivity contribution in [2.45, 2.75) is 10.3 Å². The predicted molar refractivity (Wildman–Crippen MR) is 79.2 cm³/mol. The van der Waals surface area contributed by atoms with Crippen molar-refractivity contribution in [3.8, 4) is 0 Å². The van der Waals surface area contributed by atoms with Crippen LogP contribution < -0.4 is 5.32 Å². The van der Waals surface area contributed by atoms with Crippen LogP contribution in [0, 0.1) is 0 Å². The fourth-order valence-electron chi connectivity index (χ4n) is 1.59. The lowest BCUT2D eigenvalue weighted by molar-refractivity contribution is -0.147. The molecule has 6 nitrogen and oxygen atoms in total. The first-order valence-electron chi connectivity index (χ1n) is 5.67. The normalized spacial score (nSPS) is 18.0. The number of carbonyl (C=O) groups excluding carboxylic acids is 2. The van der Waals surface area contributed by atoms with Crippen molar-refractivity contribution in [3.05, 3.63) is 17.5 Å².